The van der Waals surface area contributed by atoms with E-state index in [1.165, 1.54) is 24.0 Å². The minimum absolute atomic E-state index is 0.0902. The molecule has 3 aromatic rings. The van der Waals surface area contributed by atoms with Crippen molar-refractivity contribution in [1.82, 2.24) is 14.9 Å². The number of aromatic nitrogens is 2. The van der Waals surface area contributed by atoms with Gasteiger partial charge in [0.15, 0.2) is 0 Å². The summed E-state index contributed by atoms with van der Waals surface area (Å²) in [5.41, 5.74) is 4.75. The summed E-state index contributed by atoms with van der Waals surface area (Å²) in [7, 11) is 0. The summed E-state index contributed by atoms with van der Waals surface area (Å²) < 4.78 is 13.2. The molecule has 1 aliphatic heterocycles. The number of carbonyl (C=O) groups is 1. The van der Waals surface area contributed by atoms with Gasteiger partial charge in [-0.15, -0.1) is 0 Å². The average Bonchev–Trinajstić information content (AvgIpc) is 2.77. The van der Waals surface area contributed by atoms with E-state index in [0.29, 0.717) is 26.2 Å². The van der Waals surface area contributed by atoms with Crippen LogP contribution < -0.4 is 10.2 Å². The number of rotatable bonds is 3. The fourth-order valence-electron chi connectivity index (χ4n) is 3.46. The number of hydrogen-bond acceptors (Lipinski definition) is 4. The van der Waals surface area contributed by atoms with Crippen LogP contribution in [-0.2, 0) is 0 Å². The summed E-state index contributed by atoms with van der Waals surface area (Å²) in [5.74, 6) is 0.529. The van der Waals surface area contributed by atoms with Crippen LogP contribution in [0.15, 0.2) is 54.9 Å². The Balaban J connectivity index is 1.38. The van der Waals surface area contributed by atoms with E-state index in [-0.39, 0.29) is 11.8 Å². The molecule has 1 N–H and O–H groups in total. The summed E-state index contributed by atoms with van der Waals surface area (Å²) in [5, 5.41) is 2.98. The van der Waals surface area contributed by atoms with Gasteiger partial charge in [-0.1, -0.05) is 6.07 Å². The van der Waals surface area contributed by atoms with E-state index in [9.17, 15) is 9.18 Å². The molecule has 2 aromatic carbocycles. The van der Waals surface area contributed by atoms with Crippen LogP contribution in [0.1, 0.15) is 11.1 Å². The highest BCUT2D eigenvalue weighted by atomic mass is 19.1. The first-order valence-corrected chi connectivity index (χ1v) is 9.96. The first-order chi connectivity index (χ1) is 14.5. The normalized spacial score (nSPS) is 14.0. The Kier molecular flexibility index (Phi) is 5.61. The molecule has 1 fully saturated rings. The third-order valence-electron chi connectivity index (χ3n) is 5.44. The van der Waals surface area contributed by atoms with Crippen molar-refractivity contribution in [3.63, 3.8) is 0 Å². The first kappa shape index (κ1) is 19.8. The molecule has 0 atom stereocenters. The van der Waals surface area contributed by atoms with Gasteiger partial charge in [0.25, 0.3) is 0 Å². The third kappa shape index (κ3) is 4.40. The molecule has 1 aromatic heterocycles. The van der Waals surface area contributed by atoms with Gasteiger partial charge in [-0.3, -0.25) is 0 Å². The Morgan fingerprint density at radius 3 is 2.37 bits per heavy atom. The lowest BCUT2D eigenvalue weighted by Crippen LogP contribution is -2.50. The van der Waals surface area contributed by atoms with Crippen molar-refractivity contribution >= 4 is 17.5 Å². The number of piperazine rings is 1. The zero-order valence-corrected chi connectivity index (χ0v) is 17.1. The summed E-state index contributed by atoms with van der Waals surface area (Å²) in [6, 6.07) is 14.0. The maximum atomic E-state index is 13.2. The molecule has 30 heavy (non-hydrogen) atoms. The zero-order valence-electron chi connectivity index (χ0n) is 17.1. The van der Waals surface area contributed by atoms with Crippen molar-refractivity contribution < 1.29 is 9.18 Å². The fraction of sp³-hybridized carbons (Fsp3) is 0.261. The molecule has 6 nitrogen and oxygen atoms in total. The van der Waals surface area contributed by atoms with E-state index in [4.69, 9.17) is 0 Å². The van der Waals surface area contributed by atoms with Gasteiger partial charge in [0.05, 0.1) is 5.69 Å². The molecule has 154 valence electrons. The lowest BCUT2D eigenvalue weighted by atomic mass is 10.1. The lowest BCUT2D eigenvalue weighted by molar-refractivity contribution is 0.208. The van der Waals surface area contributed by atoms with E-state index < -0.39 is 0 Å². The van der Waals surface area contributed by atoms with Crippen LogP contribution in [0.2, 0.25) is 0 Å². The van der Waals surface area contributed by atoms with E-state index in [1.807, 2.05) is 36.1 Å². The molecule has 0 saturated carbocycles. The number of aryl methyl sites for hydroxylation is 2. The highest BCUT2D eigenvalue weighted by Crippen LogP contribution is 2.22. The van der Waals surface area contributed by atoms with E-state index in [0.717, 1.165) is 28.3 Å². The Morgan fingerprint density at radius 1 is 0.933 bits per heavy atom. The molecule has 1 aliphatic rings. The van der Waals surface area contributed by atoms with E-state index in [2.05, 4.69) is 27.1 Å². The standard InChI is InChI=1S/C23H24FN5O/c1-16-3-8-20(13-17(16)2)27-23(30)29-11-9-28(10-12-29)22-14-21(25-15-26-22)18-4-6-19(24)7-5-18/h3-8,13-15H,9-12H2,1-2H3,(H,27,30). The van der Waals surface area contributed by atoms with E-state index >= 15 is 0 Å². The lowest BCUT2D eigenvalue weighted by Gasteiger charge is -2.35. The number of amides is 2. The smallest absolute Gasteiger partial charge is 0.321 e. The van der Waals surface area contributed by atoms with Crippen LogP contribution in [0.3, 0.4) is 0 Å². The maximum absolute atomic E-state index is 13.2. The number of benzene rings is 2. The van der Waals surface area contributed by atoms with Gasteiger partial charge >= 0.3 is 6.03 Å². The molecular weight excluding hydrogens is 381 g/mol. The van der Waals surface area contributed by atoms with Gasteiger partial charge in [0.2, 0.25) is 0 Å². The number of carbonyl (C=O) groups excluding carboxylic acids is 1. The number of nitrogens with zero attached hydrogens (tertiary/aromatic N) is 4. The van der Waals surface area contributed by atoms with Gasteiger partial charge in [-0.2, -0.15) is 0 Å². The summed E-state index contributed by atoms with van der Waals surface area (Å²) >= 11 is 0. The fourth-order valence-corrected chi connectivity index (χ4v) is 3.46. The molecule has 0 aliphatic carbocycles. The van der Waals surface area contributed by atoms with Crippen LogP contribution in [-0.4, -0.2) is 47.1 Å². The molecular formula is C23H24FN5O. The van der Waals surface area contributed by atoms with Crippen molar-refractivity contribution in [1.29, 1.82) is 0 Å². The number of urea groups is 1. The van der Waals surface area contributed by atoms with Gasteiger partial charge in [-0.25, -0.2) is 19.2 Å². The minimum Gasteiger partial charge on any atom is -0.353 e. The highest BCUT2D eigenvalue weighted by Gasteiger charge is 2.22. The van der Waals surface area contributed by atoms with Crippen molar-refractivity contribution in [2.24, 2.45) is 0 Å². The number of halogens is 1. The SMILES string of the molecule is Cc1ccc(NC(=O)N2CCN(c3cc(-c4ccc(F)cc4)ncn3)CC2)cc1C. The Bertz CT molecular complexity index is 1050. The number of nitrogens with one attached hydrogen (secondary N) is 1. The van der Waals surface area contributed by atoms with Crippen molar-refractivity contribution in [2.75, 3.05) is 36.4 Å². The van der Waals surface area contributed by atoms with Gasteiger partial charge < -0.3 is 15.1 Å². The monoisotopic (exact) mass is 405 g/mol. The summed E-state index contributed by atoms with van der Waals surface area (Å²) in [6.07, 6.45) is 1.52. The van der Waals surface area contributed by atoms with Crippen LogP contribution in [0.25, 0.3) is 11.3 Å². The Hall–Kier alpha value is -3.48. The number of hydrogen-bond donors (Lipinski definition) is 1. The predicted octanol–water partition coefficient (Wildman–Crippen LogP) is 4.25. The highest BCUT2D eigenvalue weighted by molar-refractivity contribution is 5.89. The molecule has 0 spiro atoms. The van der Waals surface area contributed by atoms with Crippen LogP contribution >= 0.6 is 0 Å². The molecule has 1 saturated heterocycles. The number of anilines is 2. The second-order valence-corrected chi connectivity index (χ2v) is 7.47. The van der Waals surface area contributed by atoms with Crippen molar-refractivity contribution in [2.45, 2.75) is 13.8 Å². The van der Waals surface area contributed by atoms with Crippen LogP contribution in [0, 0.1) is 19.7 Å². The molecule has 0 bridgehead atoms. The van der Waals surface area contributed by atoms with E-state index in [1.54, 1.807) is 12.1 Å². The molecule has 4 rings (SSSR count). The third-order valence-corrected chi connectivity index (χ3v) is 5.44. The van der Waals surface area contributed by atoms with Gasteiger partial charge in [-0.05, 0) is 61.4 Å². The largest absolute Gasteiger partial charge is 0.353 e. The Morgan fingerprint density at radius 2 is 1.67 bits per heavy atom. The van der Waals surface area contributed by atoms with Crippen LogP contribution in [0.5, 0.6) is 0 Å². The average molecular weight is 405 g/mol. The zero-order chi connectivity index (χ0) is 21.1. The van der Waals surface area contributed by atoms with Crippen LogP contribution in [0.4, 0.5) is 20.7 Å². The molecule has 2 amide bonds. The Labute approximate surface area is 175 Å². The maximum Gasteiger partial charge on any atom is 0.321 e. The first-order valence-electron chi connectivity index (χ1n) is 9.96. The molecule has 0 radical (unpaired) electrons. The molecule has 0 unspecified atom stereocenters. The minimum atomic E-state index is -0.275. The van der Waals surface area contributed by atoms with Crippen molar-refractivity contribution in [3.8, 4) is 11.3 Å². The quantitative estimate of drug-likeness (QED) is 0.708. The predicted molar refractivity (Wildman–Crippen MR) is 116 cm³/mol. The molecule has 7 heteroatoms. The molecule has 2 heterocycles. The van der Waals surface area contributed by atoms with Gasteiger partial charge in [0, 0.05) is 43.5 Å². The summed E-state index contributed by atoms with van der Waals surface area (Å²) in [4.78, 5) is 25.2. The second-order valence-electron chi connectivity index (χ2n) is 7.47. The van der Waals surface area contributed by atoms with Crippen molar-refractivity contribution in [3.05, 3.63) is 71.8 Å². The summed E-state index contributed by atoms with van der Waals surface area (Å²) in [6.45, 7) is 6.65. The van der Waals surface area contributed by atoms with Gasteiger partial charge in [0.1, 0.15) is 18.0 Å². The topological polar surface area (TPSA) is 61.4 Å². The second kappa shape index (κ2) is 8.49.